The van der Waals surface area contributed by atoms with Crippen LogP contribution in [0.1, 0.15) is 52.1 Å². The number of para-hydroxylation sites is 2. The highest BCUT2D eigenvalue weighted by molar-refractivity contribution is 7.87. The number of halogens is 1. The molecule has 0 fully saturated rings. The van der Waals surface area contributed by atoms with Crippen molar-refractivity contribution in [3.8, 4) is 22.5 Å². The summed E-state index contributed by atoms with van der Waals surface area (Å²) in [6, 6.07) is 26.8. The molecule has 0 radical (unpaired) electrons. The van der Waals surface area contributed by atoms with Crippen molar-refractivity contribution in [1.29, 1.82) is 0 Å². The predicted molar refractivity (Wildman–Crippen MR) is 174 cm³/mol. The standard InChI is InChI=1S/C33H32ClN5O4S/c1-4-10-28(21-11-6-5-7-12-21)37-32(40)22-15-17-24(27(19-22)33(41)38-44(42,43)39(2)3)26-20-23(34)16-18-25(26)31-35-29-13-8-9-14-30(29)36-31/h5-9,11-20,28H,4,10H2,1-3H3,(H,35,36)(H,37,40)(H,38,41)/t28-/m1/s1. The summed E-state index contributed by atoms with van der Waals surface area (Å²) in [5, 5.41) is 3.47. The molecule has 226 valence electrons. The zero-order valence-electron chi connectivity index (χ0n) is 24.5. The van der Waals surface area contributed by atoms with Gasteiger partial charge in [-0.2, -0.15) is 12.7 Å². The predicted octanol–water partition coefficient (Wildman–Crippen LogP) is 6.36. The third kappa shape index (κ3) is 6.67. The molecule has 0 spiro atoms. The van der Waals surface area contributed by atoms with E-state index in [-0.39, 0.29) is 17.2 Å². The molecule has 11 heteroatoms. The molecule has 0 aliphatic carbocycles. The Morgan fingerprint density at radius 2 is 1.59 bits per heavy atom. The van der Waals surface area contributed by atoms with E-state index < -0.39 is 22.0 Å². The number of hydrogen-bond donors (Lipinski definition) is 3. The van der Waals surface area contributed by atoms with Crippen LogP contribution in [0.3, 0.4) is 0 Å². The molecule has 3 N–H and O–H groups in total. The first kappa shape index (κ1) is 30.9. The van der Waals surface area contributed by atoms with E-state index in [2.05, 4.69) is 15.0 Å². The van der Waals surface area contributed by atoms with Gasteiger partial charge in [0.2, 0.25) is 0 Å². The Hall–Kier alpha value is -4.51. The molecule has 2 amide bonds. The first-order valence-corrected chi connectivity index (χ1v) is 15.9. The van der Waals surface area contributed by atoms with Crippen LogP contribution < -0.4 is 10.0 Å². The molecule has 0 aliphatic heterocycles. The second-order valence-electron chi connectivity index (χ2n) is 10.5. The number of fused-ring (bicyclic) bond motifs is 1. The molecule has 0 saturated heterocycles. The van der Waals surface area contributed by atoms with Crippen molar-refractivity contribution < 1.29 is 18.0 Å². The molecular weight excluding hydrogens is 598 g/mol. The van der Waals surface area contributed by atoms with Crippen LogP contribution in [0.5, 0.6) is 0 Å². The summed E-state index contributed by atoms with van der Waals surface area (Å²) in [6.07, 6.45) is 1.56. The summed E-state index contributed by atoms with van der Waals surface area (Å²) in [4.78, 5) is 35.2. The van der Waals surface area contributed by atoms with Crippen LogP contribution in [0.4, 0.5) is 0 Å². The minimum Gasteiger partial charge on any atom is -0.345 e. The summed E-state index contributed by atoms with van der Waals surface area (Å²) in [6.45, 7) is 2.04. The average Bonchev–Trinajstić information content (AvgIpc) is 3.45. The van der Waals surface area contributed by atoms with E-state index >= 15 is 0 Å². The van der Waals surface area contributed by atoms with Crippen LogP contribution in [0.2, 0.25) is 5.02 Å². The number of nitrogens with one attached hydrogen (secondary N) is 3. The first-order valence-electron chi connectivity index (χ1n) is 14.1. The Morgan fingerprint density at radius 3 is 2.30 bits per heavy atom. The Bertz CT molecular complexity index is 1910. The molecule has 4 aromatic carbocycles. The van der Waals surface area contributed by atoms with Crippen molar-refractivity contribution in [2.24, 2.45) is 0 Å². The van der Waals surface area contributed by atoms with Crippen LogP contribution in [0, 0.1) is 0 Å². The van der Waals surface area contributed by atoms with Gasteiger partial charge in [-0.25, -0.2) is 9.71 Å². The van der Waals surface area contributed by atoms with Crippen LogP contribution in [-0.4, -0.2) is 48.6 Å². The van der Waals surface area contributed by atoms with Gasteiger partial charge in [0.05, 0.1) is 17.1 Å². The third-order valence-corrected chi connectivity index (χ3v) is 8.87. The average molecular weight is 630 g/mol. The largest absolute Gasteiger partial charge is 0.345 e. The van der Waals surface area contributed by atoms with Gasteiger partial charge in [0.15, 0.2) is 0 Å². The van der Waals surface area contributed by atoms with Gasteiger partial charge in [0, 0.05) is 35.8 Å². The summed E-state index contributed by atoms with van der Waals surface area (Å²) in [5.41, 5.74) is 4.27. The van der Waals surface area contributed by atoms with Crippen molar-refractivity contribution in [3.05, 3.63) is 113 Å². The Kier molecular flexibility index (Phi) is 9.14. The van der Waals surface area contributed by atoms with Crippen LogP contribution >= 0.6 is 11.6 Å². The lowest BCUT2D eigenvalue weighted by Gasteiger charge is -2.20. The second-order valence-corrected chi connectivity index (χ2v) is 12.8. The number of H-pyrrole nitrogens is 1. The Labute approximate surface area is 261 Å². The van der Waals surface area contributed by atoms with Gasteiger partial charge in [-0.3, -0.25) is 9.59 Å². The number of carbonyl (C=O) groups is 2. The maximum absolute atomic E-state index is 13.6. The molecule has 1 atom stereocenters. The summed E-state index contributed by atoms with van der Waals surface area (Å²) in [5.74, 6) is -0.753. The van der Waals surface area contributed by atoms with Gasteiger partial charge >= 0.3 is 10.2 Å². The fraction of sp³-hybridized carbons (Fsp3) is 0.182. The molecule has 0 saturated carbocycles. The highest BCUT2D eigenvalue weighted by Crippen LogP contribution is 2.36. The molecule has 0 aliphatic rings. The van der Waals surface area contributed by atoms with Crippen molar-refractivity contribution in [3.63, 3.8) is 0 Å². The van der Waals surface area contributed by atoms with Crippen molar-refractivity contribution in [2.75, 3.05) is 14.1 Å². The van der Waals surface area contributed by atoms with Crippen LogP contribution in [0.15, 0.2) is 91.0 Å². The maximum Gasteiger partial charge on any atom is 0.303 e. The topological polar surface area (TPSA) is 124 Å². The minimum atomic E-state index is -4.14. The third-order valence-electron chi connectivity index (χ3n) is 7.23. The number of amides is 2. The van der Waals surface area contributed by atoms with Gasteiger partial charge in [-0.1, -0.05) is 73.5 Å². The second kappa shape index (κ2) is 13.0. The number of aromatic amines is 1. The number of carbonyl (C=O) groups excluding carboxylic acids is 2. The number of hydrogen-bond acceptors (Lipinski definition) is 5. The van der Waals surface area contributed by atoms with Crippen molar-refractivity contribution in [2.45, 2.75) is 25.8 Å². The van der Waals surface area contributed by atoms with E-state index in [0.717, 1.165) is 27.3 Å². The Balaban J connectivity index is 1.62. The van der Waals surface area contributed by atoms with Gasteiger partial charge in [0.1, 0.15) is 5.82 Å². The van der Waals surface area contributed by atoms with E-state index in [1.807, 2.05) is 61.5 Å². The fourth-order valence-electron chi connectivity index (χ4n) is 4.94. The minimum absolute atomic E-state index is 0.0190. The summed E-state index contributed by atoms with van der Waals surface area (Å²) in [7, 11) is -1.51. The zero-order chi connectivity index (χ0) is 31.4. The van der Waals surface area contributed by atoms with E-state index in [0.29, 0.717) is 34.0 Å². The van der Waals surface area contributed by atoms with E-state index in [9.17, 15) is 18.0 Å². The molecule has 44 heavy (non-hydrogen) atoms. The molecule has 0 unspecified atom stereocenters. The van der Waals surface area contributed by atoms with Crippen LogP contribution in [0.25, 0.3) is 33.5 Å². The molecule has 1 heterocycles. The normalized spacial score (nSPS) is 12.3. The van der Waals surface area contributed by atoms with Gasteiger partial charge in [0.25, 0.3) is 11.8 Å². The van der Waals surface area contributed by atoms with Crippen molar-refractivity contribution >= 4 is 44.7 Å². The smallest absolute Gasteiger partial charge is 0.303 e. The number of benzene rings is 4. The maximum atomic E-state index is 13.6. The van der Waals surface area contributed by atoms with E-state index in [1.54, 1.807) is 30.3 Å². The van der Waals surface area contributed by atoms with Crippen LogP contribution in [-0.2, 0) is 10.2 Å². The van der Waals surface area contributed by atoms with Gasteiger partial charge in [-0.05, 0) is 65.6 Å². The molecule has 1 aromatic heterocycles. The van der Waals surface area contributed by atoms with Gasteiger partial charge in [-0.15, -0.1) is 0 Å². The monoisotopic (exact) mass is 629 g/mol. The number of aromatic nitrogens is 2. The van der Waals surface area contributed by atoms with Gasteiger partial charge < -0.3 is 10.3 Å². The van der Waals surface area contributed by atoms with E-state index in [4.69, 9.17) is 16.6 Å². The molecule has 9 nitrogen and oxygen atoms in total. The lowest BCUT2D eigenvalue weighted by atomic mass is 9.93. The lowest BCUT2D eigenvalue weighted by molar-refractivity contribution is 0.0934. The number of imidazole rings is 1. The van der Waals surface area contributed by atoms with E-state index in [1.165, 1.54) is 20.2 Å². The zero-order valence-corrected chi connectivity index (χ0v) is 26.0. The molecule has 0 bridgehead atoms. The summed E-state index contributed by atoms with van der Waals surface area (Å²) >= 11 is 6.44. The van der Waals surface area contributed by atoms with Crippen molar-refractivity contribution in [1.82, 2.24) is 24.3 Å². The molecule has 5 aromatic rings. The number of nitrogens with zero attached hydrogens (tertiary/aromatic N) is 2. The lowest BCUT2D eigenvalue weighted by Crippen LogP contribution is -2.39. The Morgan fingerprint density at radius 1 is 0.886 bits per heavy atom. The highest BCUT2D eigenvalue weighted by Gasteiger charge is 2.25. The molecular formula is C33H32ClN5O4S. The summed E-state index contributed by atoms with van der Waals surface area (Å²) < 4.78 is 28.4. The fourth-order valence-corrected chi connectivity index (χ4v) is 5.63. The highest BCUT2D eigenvalue weighted by atomic mass is 35.5. The molecule has 5 rings (SSSR count). The number of rotatable bonds is 10. The quantitative estimate of drug-likeness (QED) is 0.166. The first-order chi connectivity index (χ1) is 21.1. The SMILES string of the molecule is CCC[C@@H](NC(=O)c1ccc(-c2cc(Cl)ccc2-c2nc3ccccc3[nH]2)c(C(=O)NS(=O)(=O)N(C)C)c1)c1ccccc1.